The first-order chi connectivity index (χ1) is 10.2. The van der Waals surface area contributed by atoms with E-state index in [1.54, 1.807) is 0 Å². The van der Waals surface area contributed by atoms with Gasteiger partial charge >= 0.3 is 0 Å². The average molecular weight is 300 g/mol. The zero-order valence-electron chi connectivity index (χ0n) is 12.2. The van der Waals surface area contributed by atoms with E-state index in [-0.39, 0.29) is 0 Å². The first-order valence-corrected chi connectivity index (χ1v) is 7.38. The summed E-state index contributed by atoms with van der Waals surface area (Å²) in [6.45, 7) is 1.74. The van der Waals surface area contributed by atoms with E-state index >= 15 is 0 Å². The zero-order valence-corrected chi connectivity index (χ0v) is 13.0. The molecule has 0 saturated carbocycles. The van der Waals surface area contributed by atoms with Gasteiger partial charge in [0.05, 0.1) is 5.49 Å². The number of hydrogen-bond donors (Lipinski definition) is 1. The number of benzene rings is 2. The van der Waals surface area contributed by atoms with Gasteiger partial charge in [0.2, 0.25) is 0 Å². The zero-order chi connectivity index (χ0) is 15.1. The van der Waals surface area contributed by atoms with Crippen LogP contribution >= 0.6 is 12.2 Å². The molecule has 3 rings (SSSR count). The van der Waals surface area contributed by atoms with Crippen molar-refractivity contribution in [3.8, 4) is 5.75 Å². The molecule has 0 saturated heterocycles. The Morgan fingerprint density at radius 3 is 2.67 bits per heavy atom. The van der Waals surface area contributed by atoms with E-state index in [0.29, 0.717) is 6.61 Å². The molecule has 4 heteroatoms. The fraction of sp³-hybridized carbons (Fsp3) is 0.235. The van der Waals surface area contributed by atoms with Gasteiger partial charge in [0, 0.05) is 19.3 Å². The number of anilines is 1. The Morgan fingerprint density at radius 1 is 1.24 bits per heavy atom. The SMILES string of the molecule is CN1CCc2cc(OCc3ccccc3)ccc21.NC=S. The molecule has 0 atom stereocenters. The van der Waals surface area contributed by atoms with Crippen LogP contribution in [0.15, 0.2) is 48.5 Å². The number of ether oxygens (including phenoxy) is 1. The van der Waals surface area contributed by atoms with Crippen LogP contribution < -0.4 is 15.4 Å². The monoisotopic (exact) mass is 300 g/mol. The van der Waals surface area contributed by atoms with Crippen molar-refractivity contribution in [3.05, 3.63) is 59.7 Å². The third kappa shape index (κ3) is 4.20. The molecule has 2 aromatic rings. The number of thiocarbonyl (C=S) groups is 1. The highest BCUT2D eigenvalue weighted by Gasteiger charge is 2.15. The summed E-state index contributed by atoms with van der Waals surface area (Å²) in [5.74, 6) is 0.966. The van der Waals surface area contributed by atoms with Gasteiger partial charge < -0.3 is 15.4 Å². The van der Waals surface area contributed by atoms with Crippen molar-refractivity contribution in [3.63, 3.8) is 0 Å². The summed E-state index contributed by atoms with van der Waals surface area (Å²) in [6, 6.07) is 16.7. The molecular formula is C17H20N2OS. The minimum Gasteiger partial charge on any atom is -0.489 e. The Bertz CT molecular complexity index is 587. The van der Waals surface area contributed by atoms with E-state index in [1.165, 1.54) is 16.8 Å². The summed E-state index contributed by atoms with van der Waals surface area (Å²) < 4.78 is 5.83. The summed E-state index contributed by atoms with van der Waals surface area (Å²) in [7, 11) is 2.14. The smallest absolute Gasteiger partial charge is 0.120 e. The molecule has 3 nitrogen and oxygen atoms in total. The van der Waals surface area contributed by atoms with Gasteiger partial charge in [-0.3, -0.25) is 0 Å². The maximum atomic E-state index is 5.83. The molecule has 2 aromatic carbocycles. The van der Waals surface area contributed by atoms with Gasteiger partial charge in [-0.25, -0.2) is 0 Å². The molecule has 0 unspecified atom stereocenters. The fourth-order valence-corrected chi connectivity index (χ4v) is 2.37. The quantitative estimate of drug-likeness (QED) is 0.884. The highest BCUT2D eigenvalue weighted by Crippen LogP contribution is 2.30. The normalized spacial score (nSPS) is 12.1. The summed E-state index contributed by atoms with van der Waals surface area (Å²) in [5, 5.41) is 0. The molecule has 110 valence electrons. The molecule has 21 heavy (non-hydrogen) atoms. The lowest BCUT2D eigenvalue weighted by molar-refractivity contribution is 0.306. The molecule has 1 heterocycles. The first kappa shape index (κ1) is 15.3. The first-order valence-electron chi connectivity index (χ1n) is 6.90. The van der Waals surface area contributed by atoms with Crippen LogP contribution in [-0.2, 0) is 13.0 Å². The van der Waals surface area contributed by atoms with Crippen molar-refractivity contribution in [2.45, 2.75) is 13.0 Å². The Hall–Kier alpha value is -2.07. The van der Waals surface area contributed by atoms with Crippen molar-refractivity contribution in [1.29, 1.82) is 0 Å². The van der Waals surface area contributed by atoms with E-state index < -0.39 is 0 Å². The van der Waals surface area contributed by atoms with Crippen LogP contribution in [0, 0.1) is 0 Å². The summed E-state index contributed by atoms with van der Waals surface area (Å²) in [5.41, 5.74) is 9.55. The van der Waals surface area contributed by atoms with E-state index in [0.717, 1.165) is 24.2 Å². The standard InChI is InChI=1S/C16H17NO.CH3NS/c1-17-10-9-14-11-15(7-8-16(14)17)18-12-13-5-3-2-4-6-13;2-1-3/h2-8,11H,9-10,12H2,1H3;1H,(H2,2,3). The minimum atomic E-state index is 0.634. The molecule has 0 radical (unpaired) electrons. The Morgan fingerprint density at radius 2 is 1.95 bits per heavy atom. The van der Waals surface area contributed by atoms with Crippen LogP contribution in [0.1, 0.15) is 11.1 Å². The van der Waals surface area contributed by atoms with E-state index in [9.17, 15) is 0 Å². The van der Waals surface area contributed by atoms with Crippen LogP contribution in [0.4, 0.5) is 5.69 Å². The lowest BCUT2D eigenvalue weighted by Gasteiger charge is -2.12. The van der Waals surface area contributed by atoms with Crippen molar-refractivity contribution in [2.75, 3.05) is 18.5 Å². The van der Waals surface area contributed by atoms with Crippen LogP contribution in [-0.4, -0.2) is 19.1 Å². The minimum absolute atomic E-state index is 0.634. The molecule has 1 aliphatic rings. The molecule has 0 amide bonds. The molecular weight excluding hydrogens is 280 g/mol. The largest absolute Gasteiger partial charge is 0.489 e. The molecule has 2 N–H and O–H groups in total. The van der Waals surface area contributed by atoms with Crippen LogP contribution in [0.2, 0.25) is 0 Å². The van der Waals surface area contributed by atoms with Crippen LogP contribution in [0.5, 0.6) is 5.75 Å². The topological polar surface area (TPSA) is 38.5 Å². The number of fused-ring (bicyclic) bond motifs is 1. The number of nitrogens with two attached hydrogens (primary N) is 1. The Labute approximate surface area is 131 Å². The number of rotatable bonds is 3. The van der Waals surface area contributed by atoms with Crippen molar-refractivity contribution < 1.29 is 4.74 Å². The van der Waals surface area contributed by atoms with E-state index in [4.69, 9.17) is 4.74 Å². The van der Waals surface area contributed by atoms with E-state index in [1.807, 2.05) is 18.2 Å². The second-order valence-electron chi connectivity index (χ2n) is 4.87. The van der Waals surface area contributed by atoms with Gasteiger partial charge in [0.15, 0.2) is 0 Å². The molecule has 1 aliphatic heterocycles. The Kier molecular flexibility index (Phi) is 5.58. The predicted molar refractivity (Wildman–Crippen MR) is 92.0 cm³/mol. The Balaban J connectivity index is 0.000000497. The lowest BCUT2D eigenvalue weighted by atomic mass is 10.1. The lowest BCUT2D eigenvalue weighted by Crippen LogP contribution is -2.12. The summed E-state index contributed by atoms with van der Waals surface area (Å²) in [4.78, 5) is 2.29. The number of hydrogen-bond acceptors (Lipinski definition) is 3. The average Bonchev–Trinajstić information content (AvgIpc) is 2.88. The van der Waals surface area contributed by atoms with Crippen molar-refractivity contribution in [2.24, 2.45) is 5.73 Å². The maximum absolute atomic E-state index is 5.83. The molecule has 0 bridgehead atoms. The van der Waals surface area contributed by atoms with Gasteiger partial charge in [0.1, 0.15) is 12.4 Å². The van der Waals surface area contributed by atoms with Crippen LogP contribution in [0.25, 0.3) is 0 Å². The summed E-state index contributed by atoms with van der Waals surface area (Å²) in [6.07, 6.45) is 1.12. The molecule has 0 fully saturated rings. The molecule has 0 aromatic heterocycles. The third-order valence-electron chi connectivity index (χ3n) is 3.43. The van der Waals surface area contributed by atoms with Gasteiger partial charge in [-0.05, 0) is 35.7 Å². The van der Waals surface area contributed by atoms with Crippen molar-refractivity contribution >= 4 is 23.4 Å². The number of likely N-dealkylation sites (N-methyl/N-ethyl adjacent to an activating group) is 1. The summed E-state index contributed by atoms with van der Waals surface area (Å²) >= 11 is 4.05. The van der Waals surface area contributed by atoms with Gasteiger partial charge in [-0.1, -0.05) is 42.5 Å². The van der Waals surface area contributed by atoms with Gasteiger partial charge in [-0.15, -0.1) is 0 Å². The third-order valence-corrected chi connectivity index (χ3v) is 3.43. The van der Waals surface area contributed by atoms with Gasteiger partial charge in [-0.2, -0.15) is 0 Å². The highest BCUT2D eigenvalue weighted by atomic mass is 32.1. The maximum Gasteiger partial charge on any atom is 0.120 e. The molecule has 0 aliphatic carbocycles. The van der Waals surface area contributed by atoms with Gasteiger partial charge in [0.25, 0.3) is 0 Å². The predicted octanol–water partition coefficient (Wildman–Crippen LogP) is 3.16. The fourth-order valence-electron chi connectivity index (χ4n) is 2.37. The van der Waals surface area contributed by atoms with Crippen LogP contribution in [0.3, 0.4) is 0 Å². The van der Waals surface area contributed by atoms with E-state index in [2.05, 4.69) is 60.2 Å². The second kappa shape index (κ2) is 7.64. The highest BCUT2D eigenvalue weighted by molar-refractivity contribution is 7.78. The van der Waals surface area contributed by atoms with Crippen molar-refractivity contribution in [1.82, 2.24) is 0 Å². The number of nitrogens with zero attached hydrogens (tertiary/aromatic N) is 1. The molecule has 0 spiro atoms. The second-order valence-corrected chi connectivity index (χ2v) is 5.14.